The van der Waals surface area contributed by atoms with Crippen molar-refractivity contribution >= 4 is 63.8 Å². The summed E-state index contributed by atoms with van der Waals surface area (Å²) >= 11 is 6.40. The summed E-state index contributed by atoms with van der Waals surface area (Å²) in [5, 5.41) is 2.60. The normalized spacial score (nSPS) is 12.5. The molecular weight excluding hydrogens is 630 g/mol. The van der Waals surface area contributed by atoms with Crippen LogP contribution in [0, 0.1) is 6.92 Å². The van der Waals surface area contributed by atoms with Gasteiger partial charge in [0, 0.05) is 24.8 Å². The van der Waals surface area contributed by atoms with Gasteiger partial charge in [0.1, 0.15) is 16.9 Å². The Balaban J connectivity index is 2.24. The molecule has 3 aromatic rings. The van der Waals surface area contributed by atoms with E-state index < -0.39 is 26.0 Å². The summed E-state index contributed by atoms with van der Waals surface area (Å²) in [4.78, 5) is 13.1. The lowest BCUT2D eigenvalue weighted by Crippen LogP contribution is -2.45. The second kappa shape index (κ2) is 10.9. The Kier molecular flexibility index (Phi) is 8.35. The van der Waals surface area contributed by atoms with Crippen molar-refractivity contribution in [2.24, 2.45) is 0 Å². The van der Waals surface area contributed by atoms with E-state index in [0.717, 1.165) is 7.11 Å². The molecule has 2 N–H and O–H groups in total. The molecule has 0 aliphatic heterocycles. The number of methoxy groups -OCH3 is 1. The monoisotopic (exact) mass is 648 g/mol. The highest BCUT2D eigenvalue weighted by Gasteiger charge is 2.35. The lowest BCUT2D eigenvalue weighted by atomic mass is 10.4. The molecule has 186 valence electrons. The quantitative estimate of drug-likeness (QED) is 0.171. The highest BCUT2D eigenvalue weighted by molar-refractivity contribution is 9.10. The summed E-state index contributed by atoms with van der Waals surface area (Å²) in [5.41, 5.74) is 0.477. The fraction of sp³-hybridized carbons (Fsp3) is 0.150. The molecular formula is C20H20Br2N5O6S2+. The van der Waals surface area contributed by atoms with Crippen molar-refractivity contribution in [3.05, 3.63) is 69.2 Å². The fourth-order valence-electron chi connectivity index (χ4n) is 2.81. The molecule has 0 spiro atoms. The van der Waals surface area contributed by atoms with Gasteiger partial charge < -0.3 is 9.57 Å². The van der Waals surface area contributed by atoms with Gasteiger partial charge in [0.2, 0.25) is 5.88 Å². The minimum atomic E-state index is -4.45. The third kappa shape index (κ3) is 6.09. The van der Waals surface area contributed by atoms with E-state index in [4.69, 9.17) is 9.57 Å². The average molecular weight is 650 g/mol. The van der Waals surface area contributed by atoms with Gasteiger partial charge in [0.05, 0.1) is 7.11 Å². The summed E-state index contributed by atoms with van der Waals surface area (Å²) in [5.74, 6) is -0.576. The van der Waals surface area contributed by atoms with Crippen molar-refractivity contribution in [3.63, 3.8) is 0 Å². The minimum Gasteiger partial charge on any atom is -0.481 e. The Bertz CT molecular complexity index is 1500. The standard InChI is InChI=1S/C20H19Br2N5O6S2/c1-13-12-18(32-2)24-19(23-13)25-20(26-34(28,29)16-10-6-4-8-14(16)21)27(33-3)35(30,31)17-11-7-5-9-15(17)22/h4-12H,1-3H3,(H,23,24,25,26)/p+1. The first-order chi connectivity index (χ1) is 16.5. The SMILES string of the molecule is COc1cc(C)nc(NC(NS(=O)(=O)c2ccccc2Br)=[N+](OC)S(=O)(=O)c2ccccc2Br)n1. The summed E-state index contributed by atoms with van der Waals surface area (Å²) in [6.45, 7) is 1.66. The zero-order valence-electron chi connectivity index (χ0n) is 18.6. The van der Waals surface area contributed by atoms with Gasteiger partial charge in [-0.1, -0.05) is 24.3 Å². The fourth-order valence-corrected chi connectivity index (χ4v) is 7.05. The van der Waals surface area contributed by atoms with Crippen LogP contribution in [0.2, 0.25) is 0 Å². The Morgan fingerprint density at radius 1 is 0.914 bits per heavy atom. The first kappa shape index (κ1) is 26.8. The lowest BCUT2D eigenvalue weighted by molar-refractivity contribution is -0.667. The molecule has 0 saturated heterocycles. The average Bonchev–Trinajstić information content (AvgIpc) is 2.79. The highest BCUT2D eigenvalue weighted by atomic mass is 79.9. The number of nitrogens with zero attached hydrogens (tertiary/aromatic N) is 3. The maximum atomic E-state index is 13.5. The number of ether oxygens (including phenoxy) is 1. The molecule has 1 aromatic heterocycles. The summed E-state index contributed by atoms with van der Waals surface area (Å²) < 4.78 is 61.7. The van der Waals surface area contributed by atoms with Crippen molar-refractivity contribution in [2.75, 3.05) is 19.5 Å². The first-order valence-electron chi connectivity index (χ1n) is 9.64. The first-order valence-corrected chi connectivity index (χ1v) is 14.2. The lowest BCUT2D eigenvalue weighted by Gasteiger charge is -2.13. The molecule has 0 fully saturated rings. The maximum Gasteiger partial charge on any atom is 0.421 e. The van der Waals surface area contributed by atoms with Gasteiger partial charge in [0.15, 0.2) is 0 Å². The molecule has 0 unspecified atom stereocenters. The molecule has 0 atom stereocenters. The number of halogens is 2. The van der Waals surface area contributed by atoms with Crippen molar-refractivity contribution < 1.29 is 30.6 Å². The van der Waals surface area contributed by atoms with Crippen LogP contribution in [0.3, 0.4) is 0 Å². The number of aryl methyl sites for hydroxylation is 1. The van der Waals surface area contributed by atoms with Crippen molar-refractivity contribution in [1.82, 2.24) is 14.7 Å². The van der Waals surface area contributed by atoms with Gasteiger partial charge in [-0.05, 0) is 63.0 Å². The van der Waals surface area contributed by atoms with E-state index in [0.29, 0.717) is 9.84 Å². The Morgan fingerprint density at radius 3 is 2.03 bits per heavy atom. The second-order valence-corrected chi connectivity index (χ2v) is 11.8. The van der Waals surface area contributed by atoms with Crippen LogP contribution in [0.4, 0.5) is 5.95 Å². The number of hydrogen-bond donors (Lipinski definition) is 2. The maximum absolute atomic E-state index is 13.5. The number of guanidine groups is 1. The zero-order valence-corrected chi connectivity index (χ0v) is 23.4. The van der Waals surface area contributed by atoms with E-state index in [9.17, 15) is 16.8 Å². The number of nitrogens with one attached hydrogen (secondary N) is 2. The molecule has 0 amide bonds. The van der Waals surface area contributed by atoms with Gasteiger partial charge in [-0.2, -0.15) is 26.5 Å². The third-order valence-corrected chi connectivity index (χ3v) is 9.29. The van der Waals surface area contributed by atoms with Crippen molar-refractivity contribution in [2.45, 2.75) is 16.7 Å². The van der Waals surface area contributed by atoms with Gasteiger partial charge in [-0.15, -0.1) is 0 Å². The molecule has 0 saturated carbocycles. The van der Waals surface area contributed by atoms with E-state index >= 15 is 0 Å². The molecule has 0 aliphatic carbocycles. The van der Waals surface area contributed by atoms with Crippen LogP contribution < -0.4 is 14.8 Å². The molecule has 0 radical (unpaired) electrons. The van der Waals surface area contributed by atoms with Gasteiger partial charge in [-0.3, -0.25) is 0 Å². The van der Waals surface area contributed by atoms with Crippen LogP contribution in [0.5, 0.6) is 5.88 Å². The number of benzene rings is 2. The molecule has 35 heavy (non-hydrogen) atoms. The number of rotatable bonds is 7. The van der Waals surface area contributed by atoms with Crippen molar-refractivity contribution in [1.29, 1.82) is 0 Å². The molecule has 3 rings (SSSR count). The molecule has 1 heterocycles. The number of sulfonamides is 2. The van der Waals surface area contributed by atoms with Crippen LogP contribution in [0.1, 0.15) is 5.69 Å². The Labute approximate surface area is 219 Å². The number of anilines is 1. The van der Waals surface area contributed by atoms with Crippen LogP contribution in [-0.2, 0) is 24.9 Å². The van der Waals surface area contributed by atoms with E-state index in [1.54, 1.807) is 25.1 Å². The summed E-state index contributed by atoms with van der Waals surface area (Å²) in [7, 11) is -6.31. The van der Waals surface area contributed by atoms with Crippen LogP contribution in [0.25, 0.3) is 0 Å². The third-order valence-electron chi connectivity index (χ3n) is 4.31. The van der Waals surface area contributed by atoms with E-state index in [1.165, 1.54) is 43.5 Å². The second-order valence-electron chi connectivity index (χ2n) is 6.73. The topological polar surface area (TPSA) is 140 Å². The smallest absolute Gasteiger partial charge is 0.421 e. The van der Waals surface area contributed by atoms with Gasteiger partial charge >= 0.3 is 26.0 Å². The van der Waals surface area contributed by atoms with Crippen LogP contribution >= 0.6 is 31.9 Å². The van der Waals surface area contributed by atoms with E-state index in [1.807, 2.05) is 0 Å². The summed E-state index contributed by atoms with van der Waals surface area (Å²) in [6, 6.07) is 13.6. The van der Waals surface area contributed by atoms with E-state index in [2.05, 4.69) is 51.9 Å². The van der Waals surface area contributed by atoms with Crippen LogP contribution in [-0.4, -0.2) is 51.1 Å². The summed E-state index contributed by atoms with van der Waals surface area (Å²) in [6.07, 6.45) is 0. The van der Waals surface area contributed by atoms with Crippen molar-refractivity contribution in [3.8, 4) is 5.88 Å². The van der Waals surface area contributed by atoms with E-state index in [-0.39, 0.29) is 30.6 Å². The van der Waals surface area contributed by atoms with Gasteiger partial charge in [0.25, 0.3) is 5.95 Å². The molecule has 15 heteroatoms. The molecule has 2 aromatic carbocycles. The largest absolute Gasteiger partial charge is 0.481 e. The predicted octanol–water partition coefficient (Wildman–Crippen LogP) is 3.03. The number of hydrogen-bond acceptors (Lipinski definition) is 8. The zero-order chi connectivity index (χ0) is 25.8. The predicted molar refractivity (Wildman–Crippen MR) is 135 cm³/mol. The van der Waals surface area contributed by atoms with Crippen LogP contribution in [0.15, 0.2) is 73.3 Å². The number of aromatic nitrogens is 2. The molecule has 0 bridgehead atoms. The molecule has 0 aliphatic rings. The van der Waals surface area contributed by atoms with Gasteiger partial charge in [-0.25, -0.2) is 10.3 Å². The highest BCUT2D eigenvalue weighted by Crippen LogP contribution is 2.24. The minimum absolute atomic E-state index is 0.142. The Hall–Kier alpha value is -2.75. The Morgan fingerprint density at radius 2 is 1.49 bits per heavy atom. The molecule has 11 nitrogen and oxygen atoms in total.